The maximum absolute atomic E-state index is 11.5. The molecule has 0 bridgehead atoms. The smallest absolute Gasteiger partial charge is 0.248 e. The highest BCUT2D eigenvalue weighted by atomic mass is 127. The summed E-state index contributed by atoms with van der Waals surface area (Å²) in [5, 5.41) is 0.906. The molecule has 5 nitrogen and oxygen atoms in total. The number of H-pyrrole nitrogens is 1. The maximum Gasteiger partial charge on any atom is 0.248 e. The van der Waals surface area contributed by atoms with Crippen molar-refractivity contribution in [2.45, 2.75) is 6.92 Å². The first-order valence-corrected chi connectivity index (χ1v) is 8.32. The van der Waals surface area contributed by atoms with Gasteiger partial charge in [0.05, 0.1) is 16.2 Å². The van der Waals surface area contributed by atoms with Crippen LogP contribution in [0.3, 0.4) is 0 Å². The van der Waals surface area contributed by atoms with Crippen LogP contribution in [-0.4, -0.2) is 23.0 Å². The molecule has 0 unspecified atom stereocenters. The summed E-state index contributed by atoms with van der Waals surface area (Å²) >= 11 is 2.24. The number of nitrogens with two attached hydrogens (primary N) is 1. The number of halogens is 1. The number of carbonyl (C=O) groups excluding carboxylic acids is 1. The minimum absolute atomic E-state index is 0.300. The average Bonchev–Trinajstić information content (AvgIpc) is 2.90. The number of nitrogens with zero attached hydrogens (tertiary/aromatic N) is 1. The lowest BCUT2D eigenvalue weighted by Gasteiger charge is -2.10. The van der Waals surface area contributed by atoms with E-state index in [1.807, 2.05) is 31.2 Å². The number of carbonyl (C=O) groups is 1. The number of nitrogens with one attached hydrogen (secondary N) is 1. The number of methoxy groups -OCH3 is 1. The summed E-state index contributed by atoms with van der Waals surface area (Å²) in [5.41, 5.74) is 10.1. The summed E-state index contributed by atoms with van der Waals surface area (Å²) in [5.74, 6) is 0.216. The van der Waals surface area contributed by atoms with E-state index in [1.165, 1.54) is 0 Å². The molecule has 1 amide bonds. The molecule has 3 aromatic rings. The van der Waals surface area contributed by atoms with Gasteiger partial charge in [0.15, 0.2) is 0 Å². The highest BCUT2D eigenvalue weighted by molar-refractivity contribution is 14.1. The molecule has 0 spiro atoms. The van der Waals surface area contributed by atoms with Crippen molar-refractivity contribution in [2.75, 3.05) is 7.11 Å². The van der Waals surface area contributed by atoms with Crippen LogP contribution < -0.4 is 10.5 Å². The molecule has 0 aliphatic rings. The van der Waals surface area contributed by atoms with Crippen molar-refractivity contribution >= 4 is 45.1 Å². The van der Waals surface area contributed by atoms with Crippen LogP contribution >= 0.6 is 22.6 Å². The Hall–Kier alpha value is -2.35. The van der Waals surface area contributed by atoms with Crippen LogP contribution in [-0.2, 0) is 4.79 Å². The number of ether oxygens (including phenoxy) is 1. The number of primary amides is 1. The highest BCUT2D eigenvalue weighted by Gasteiger charge is 2.18. The largest absolute Gasteiger partial charge is 0.496 e. The maximum atomic E-state index is 11.5. The first kappa shape index (κ1) is 16.5. The van der Waals surface area contributed by atoms with Crippen LogP contribution in [0, 0.1) is 10.6 Å². The lowest BCUT2D eigenvalue weighted by atomic mass is 9.95. The van der Waals surface area contributed by atoms with E-state index in [-0.39, 0.29) is 0 Å². The fourth-order valence-corrected chi connectivity index (χ4v) is 3.57. The Morgan fingerprint density at radius 1 is 1.38 bits per heavy atom. The Labute approximate surface area is 153 Å². The summed E-state index contributed by atoms with van der Waals surface area (Å²) in [4.78, 5) is 19.2. The van der Waals surface area contributed by atoms with Gasteiger partial charge in [-0.3, -0.25) is 4.79 Å². The molecule has 2 aromatic heterocycles. The second-order valence-corrected chi connectivity index (χ2v) is 6.50. The predicted octanol–water partition coefficient (Wildman–Crippen LogP) is 3.65. The van der Waals surface area contributed by atoms with E-state index in [2.05, 4.69) is 39.1 Å². The Kier molecular flexibility index (Phi) is 4.31. The lowest BCUT2D eigenvalue weighted by Crippen LogP contribution is -2.12. The molecule has 0 fully saturated rings. The van der Waals surface area contributed by atoms with Gasteiger partial charge in [0.25, 0.3) is 0 Å². The number of pyridine rings is 1. The molecule has 24 heavy (non-hydrogen) atoms. The monoisotopic (exact) mass is 433 g/mol. The fourth-order valence-electron chi connectivity index (χ4n) is 2.73. The number of rotatable bonds is 4. The molecule has 0 saturated carbocycles. The number of aromatic nitrogens is 2. The molecule has 3 rings (SSSR count). The second kappa shape index (κ2) is 6.27. The van der Waals surface area contributed by atoms with E-state index >= 15 is 0 Å². The third-order valence-corrected chi connectivity index (χ3v) is 4.79. The zero-order valence-electron chi connectivity index (χ0n) is 13.3. The zero-order chi connectivity index (χ0) is 17.4. The first-order chi connectivity index (χ1) is 11.4. The van der Waals surface area contributed by atoms with Gasteiger partial charge in [-0.1, -0.05) is 18.7 Å². The minimum atomic E-state index is -0.525. The predicted molar refractivity (Wildman–Crippen MR) is 104 cm³/mol. The summed E-state index contributed by atoms with van der Waals surface area (Å²) in [7, 11) is 1.63. The van der Waals surface area contributed by atoms with Crippen LogP contribution in [0.1, 0.15) is 11.1 Å². The molecule has 0 saturated heterocycles. The minimum Gasteiger partial charge on any atom is -0.496 e. The van der Waals surface area contributed by atoms with Crippen molar-refractivity contribution in [1.29, 1.82) is 0 Å². The number of aromatic amines is 1. The SMILES string of the molecule is C=C(C(N)=O)c1cc(-c2c(I)[nH]c3nccc(OC)c23)ccc1C. The van der Waals surface area contributed by atoms with Gasteiger partial charge in [0, 0.05) is 17.3 Å². The molecule has 0 aliphatic carbocycles. The Balaban J connectivity index is 2.29. The Bertz CT molecular complexity index is 976. The summed E-state index contributed by atoms with van der Waals surface area (Å²) in [6.07, 6.45) is 1.70. The third-order valence-electron chi connectivity index (χ3n) is 3.98. The Morgan fingerprint density at radius 3 is 2.79 bits per heavy atom. The van der Waals surface area contributed by atoms with Crippen molar-refractivity contribution in [3.8, 4) is 16.9 Å². The van der Waals surface area contributed by atoms with Gasteiger partial charge in [0.2, 0.25) is 5.91 Å². The van der Waals surface area contributed by atoms with Gasteiger partial charge in [-0.05, 0) is 58.3 Å². The fraction of sp³-hybridized carbons (Fsp3) is 0.111. The number of aryl methyl sites for hydroxylation is 1. The third kappa shape index (κ3) is 2.66. The summed E-state index contributed by atoms with van der Waals surface area (Å²) in [6.45, 7) is 5.73. The van der Waals surface area contributed by atoms with Gasteiger partial charge in [0.1, 0.15) is 11.4 Å². The van der Waals surface area contributed by atoms with E-state index in [9.17, 15) is 4.79 Å². The zero-order valence-corrected chi connectivity index (χ0v) is 15.5. The molecule has 2 heterocycles. The number of hydrogen-bond donors (Lipinski definition) is 2. The van der Waals surface area contributed by atoms with E-state index in [0.717, 1.165) is 42.7 Å². The number of fused-ring (bicyclic) bond motifs is 1. The van der Waals surface area contributed by atoms with Crippen molar-refractivity contribution in [2.24, 2.45) is 5.73 Å². The van der Waals surface area contributed by atoms with E-state index < -0.39 is 5.91 Å². The van der Waals surface area contributed by atoms with Gasteiger partial charge in [-0.2, -0.15) is 0 Å². The van der Waals surface area contributed by atoms with Gasteiger partial charge >= 0.3 is 0 Å². The van der Waals surface area contributed by atoms with E-state index in [0.29, 0.717) is 5.57 Å². The van der Waals surface area contributed by atoms with Crippen LogP contribution in [0.4, 0.5) is 0 Å². The second-order valence-electron chi connectivity index (χ2n) is 5.42. The van der Waals surface area contributed by atoms with E-state index in [4.69, 9.17) is 10.5 Å². The van der Waals surface area contributed by atoms with Crippen molar-refractivity contribution in [1.82, 2.24) is 9.97 Å². The summed E-state index contributed by atoms with van der Waals surface area (Å²) in [6, 6.07) is 7.72. The van der Waals surface area contributed by atoms with Crippen LogP contribution in [0.2, 0.25) is 0 Å². The van der Waals surface area contributed by atoms with Crippen LogP contribution in [0.5, 0.6) is 5.75 Å². The number of hydrogen-bond acceptors (Lipinski definition) is 3. The van der Waals surface area contributed by atoms with E-state index in [1.54, 1.807) is 13.3 Å². The van der Waals surface area contributed by atoms with Crippen molar-refractivity contribution in [3.05, 3.63) is 51.9 Å². The van der Waals surface area contributed by atoms with Crippen LogP contribution in [0.25, 0.3) is 27.7 Å². The van der Waals surface area contributed by atoms with Gasteiger partial charge in [-0.15, -0.1) is 0 Å². The molecule has 1 aromatic carbocycles. The molecule has 0 atom stereocenters. The lowest BCUT2D eigenvalue weighted by molar-refractivity contribution is -0.112. The number of amides is 1. The average molecular weight is 433 g/mol. The number of benzene rings is 1. The highest BCUT2D eigenvalue weighted by Crippen LogP contribution is 2.38. The molecule has 0 aliphatic heterocycles. The Morgan fingerprint density at radius 2 is 2.12 bits per heavy atom. The molecule has 6 heteroatoms. The summed E-state index contributed by atoms with van der Waals surface area (Å²) < 4.78 is 6.43. The first-order valence-electron chi connectivity index (χ1n) is 7.24. The molecule has 0 radical (unpaired) electrons. The molecule has 3 N–H and O–H groups in total. The molecule has 122 valence electrons. The molecular weight excluding hydrogens is 417 g/mol. The van der Waals surface area contributed by atoms with Crippen molar-refractivity contribution in [3.63, 3.8) is 0 Å². The van der Waals surface area contributed by atoms with Crippen molar-refractivity contribution < 1.29 is 9.53 Å². The normalized spacial score (nSPS) is 10.8. The molecular formula is C18H16IN3O2. The van der Waals surface area contributed by atoms with Gasteiger partial charge < -0.3 is 15.5 Å². The quantitative estimate of drug-likeness (QED) is 0.487. The van der Waals surface area contributed by atoms with Gasteiger partial charge in [-0.25, -0.2) is 4.98 Å². The van der Waals surface area contributed by atoms with Crippen LogP contribution in [0.15, 0.2) is 37.0 Å². The standard InChI is InChI=1S/C18H16IN3O2/c1-9-4-5-11(8-12(9)10(2)17(20)23)14-15-13(24-3)6-7-21-18(15)22-16(14)19/h4-8H,2H2,1,3H3,(H2,20,23)(H,21,22). The topological polar surface area (TPSA) is 81.0 Å².